The van der Waals surface area contributed by atoms with Crippen LogP contribution in [0, 0.1) is 0 Å². The molecule has 0 bridgehead atoms. The molecule has 0 saturated carbocycles. The lowest BCUT2D eigenvalue weighted by atomic mass is 10.1. The highest BCUT2D eigenvalue weighted by Crippen LogP contribution is 2.10. The van der Waals surface area contributed by atoms with E-state index in [2.05, 4.69) is 167 Å². The quantitative estimate of drug-likeness (QED) is 0.0262. The Balaban J connectivity index is 4.62. The van der Waals surface area contributed by atoms with Crippen molar-refractivity contribution >= 4 is 17.9 Å². The summed E-state index contributed by atoms with van der Waals surface area (Å²) < 4.78 is 16.7. The Hall–Kier alpha value is -4.97. The van der Waals surface area contributed by atoms with Crippen LogP contribution in [0.5, 0.6) is 0 Å². The zero-order chi connectivity index (χ0) is 48.6. The lowest BCUT2D eigenvalue weighted by Gasteiger charge is -2.18. The number of unbranched alkanes of at least 4 members (excludes halogenated alkanes) is 7. The molecule has 1 atom stereocenters. The smallest absolute Gasteiger partial charge is 0.306 e. The van der Waals surface area contributed by atoms with Gasteiger partial charge in [0.05, 0.1) is 0 Å². The second kappa shape index (κ2) is 53.6. The van der Waals surface area contributed by atoms with Crippen molar-refractivity contribution in [1.29, 1.82) is 0 Å². The molecule has 0 aliphatic rings. The van der Waals surface area contributed by atoms with Gasteiger partial charge in [0.2, 0.25) is 0 Å². The molecule has 372 valence electrons. The van der Waals surface area contributed by atoms with Crippen molar-refractivity contribution in [3.63, 3.8) is 0 Å². The molecule has 0 fully saturated rings. The summed E-state index contributed by atoms with van der Waals surface area (Å²) in [6.07, 6.45) is 78.1. The fraction of sp³-hybridized carbons (Fsp3) is 0.525. The van der Waals surface area contributed by atoms with Gasteiger partial charge in [-0.2, -0.15) is 0 Å². The summed E-state index contributed by atoms with van der Waals surface area (Å²) in [4.78, 5) is 38.0. The fourth-order valence-corrected chi connectivity index (χ4v) is 6.24. The van der Waals surface area contributed by atoms with Gasteiger partial charge >= 0.3 is 17.9 Å². The number of esters is 3. The second-order valence-electron chi connectivity index (χ2n) is 16.3. The molecular formula is C61H92O6. The number of hydrogen-bond acceptors (Lipinski definition) is 6. The Morgan fingerprint density at radius 3 is 0.896 bits per heavy atom. The van der Waals surface area contributed by atoms with Gasteiger partial charge < -0.3 is 14.2 Å². The van der Waals surface area contributed by atoms with Crippen molar-refractivity contribution in [2.24, 2.45) is 0 Å². The van der Waals surface area contributed by atoms with Crippen LogP contribution in [-0.4, -0.2) is 37.2 Å². The van der Waals surface area contributed by atoms with Crippen molar-refractivity contribution in [3.8, 4) is 0 Å². The van der Waals surface area contributed by atoms with Gasteiger partial charge in [0.15, 0.2) is 6.10 Å². The molecule has 0 aromatic heterocycles. The first-order valence-corrected chi connectivity index (χ1v) is 26.0. The molecule has 0 N–H and O–H groups in total. The summed E-state index contributed by atoms with van der Waals surface area (Å²) in [6, 6.07) is 0. The van der Waals surface area contributed by atoms with Crippen LogP contribution < -0.4 is 0 Å². The maximum absolute atomic E-state index is 12.8. The first-order chi connectivity index (χ1) is 33.0. The molecule has 0 aromatic carbocycles. The van der Waals surface area contributed by atoms with E-state index in [1.54, 1.807) is 0 Å². The average Bonchev–Trinajstić information content (AvgIpc) is 3.33. The van der Waals surface area contributed by atoms with E-state index in [9.17, 15) is 14.4 Å². The van der Waals surface area contributed by atoms with Crippen LogP contribution in [0.15, 0.2) is 158 Å². The minimum Gasteiger partial charge on any atom is -0.462 e. The lowest BCUT2D eigenvalue weighted by molar-refractivity contribution is -0.166. The molecule has 0 heterocycles. The molecule has 0 radical (unpaired) electrons. The highest BCUT2D eigenvalue weighted by atomic mass is 16.6. The van der Waals surface area contributed by atoms with E-state index in [4.69, 9.17) is 14.2 Å². The summed E-state index contributed by atoms with van der Waals surface area (Å²) in [5.41, 5.74) is 0. The normalized spacial score (nSPS) is 13.4. The zero-order valence-corrected chi connectivity index (χ0v) is 42.3. The molecule has 6 heteroatoms. The molecule has 0 aliphatic carbocycles. The minimum atomic E-state index is -0.849. The van der Waals surface area contributed by atoms with Crippen LogP contribution in [-0.2, 0) is 28.6 Å². The van der Waals surface area contributed by atoms with E-state index in [0.29, 0.717) is 19.3 Å². The van der Waals surface area contributed by atoms with Gasteiger partial charge in [0, 0.05) is 19.3 Å². The summed E-state index contributed by atoms with van der Waals surface area (Å²) in [7, 11) is 0. The summed E-state index contributed by atoms with van der Waals surface area (Å²) in [6.45, 7) is 6.15. The minimum absolute atomic E-state index is 0.138. The van der Waals surface area contributed by atoms with Gasteiger partial charge in [-0.3, -0.25) is 14.4 Å². The SMILES string of the molecule is CC/C=C\C/C=C\C/C=C\C/C=C\C/C=C\CCCCCC(=O)OCC(COC(=O)CCCCCC/C=C\C/C=C\C/C=C\CC)OC(=O)CC/C=C\C/C=C\C/C=C\C/C=C\C/C=C\CC. The van der Waals surface area contributed by atoms with Gasteiger partial charge in [-0.15, -0.1) is 0 Å². The van der Waals surface area contributed by atoms with E-state index < -0.39 is 12.1 Å². The van der Waals surface area contributed by atoms with E-state index in [1.807, 2.05) is 12.2 Å². The van der Waals surface area contributed by atoms with E-state index in [-0.39, 0.29) is 31.6 Å². The molecule has 0 amide bonds. The number of carbonyl (C=O) groups is 3. The molecule has 6 nitrogen and oxygen atoms in total. The predicted octanol–water partition coefficient (Wildman–Crippen LogP) is 17.4. The maximum Gasteiger partial charge on any atom is 0.306 e. The Morgan fingerprint density at radius 2 is 0.567 bits per heavy atom. The second-order valence-corrected chi connectivity index (χ2v) is 16.3. The summed E-state index contributed by atoms with van der Waals surface area (Å²) >= 11 is 0. The maximum atomic E-state index is 12.8. The monoisotopic (exact) mass is 921 g/mol. The molecule has 0 spiro atoms. The Morgan fingerprint density at radius 1 is 0.299 bits per heavy atom. The third kappa shape index (κ3) is 51.9. The molecule has 1 unspecified atom stereocenters. The fourth-order valence-electron chi connectivity index (χ4n) is 6.24. The van der Waals surface area contributed by atoms with Gasteiger partial charge in [-0.25, -0.2) is 0 Å². The van der Waals surface area contributed by atoms with Crippen molar-refractivity contribution in [3.05, 3.63) is 158 Å². The largest absolute Gasteiger partial charge is 0.462 e. The number of carbonyl (C=O) groups excluding carboxylic acids is 3. The van der Waals surface area contributed by atoms with Crippen molar-refractivity contribution in [2.75, 3.05) is 13.2 Å². The molecular weight excluding hydrogens is 829 g/mol. The van der Waals surface area contributed by atoms with Crippen LogP contribution in [0.2, 0.25) is 0 Å². The van der Waals surface area contributed by atoms with E-state index in [1.165, 1.54) is 0 Å². The topological polar surface area (TPSA) is 78.9 Å². The van der Waals surface area contributed by atoms with Gasteiger partial charge in [-0.1, -0.05) is 198 Å². The van der Waals surface area contributed by atoms with E-state index in [0.717, 1.165) is 141 Å². The van der Waals surface area contributed by atoms with Crippen LogP contribution >= 0.6 is 0 Å². The Kier molecular flexibility index (Phi) is 49.7. The van der Waals surface area contributed by atoms with Crippen molar-refractivity contribution in [1.82, 2.24) is 0 Å². The third-order valence-corrected chi connectivity index (χ3v) is 10.0. The van der Waals surface area contributed by atoms with Crippen LogP contribution in [0.3, 0.4) is 0 Å². The first-order valence-electron chi connectivity index (χ1n) is 26.0. The number of rotatable bonds is 44. The first kappa shape index (κ1) is 62.0. The van der Waals surface area contributed by atoms with Gasteiger partial charge in [0.25, 0.3) is 0 Å². The zero-order valence-electron chi connectivity index (χ0n) is 42.3. The highest BCUT2D eigenvalue weighted by molar-refractivity contribution is 5.71. The van der Waals surface area contributed by atoms with Crippen LogP contribution in [0.25, 0.3) is 0 Å². The summed E-state index contributed by atoms with van der Waals surface area (Å²) in [5.74, 6) is -1.09. The van der Waals surface area contributed by atoms with Crippen LogP contribution in [0.1, 0.15) is 188 Å². The van der Waals surface area contributed by atoms with Gasteiger partial charge in [0.1, 0.15) is 13.2 Å². The molecule has 0 rings (SSSR count). The van der Waals surface area contributed by atoms with Crippen molar-refractivity contribution in [2.45, 2.75) is 194 Å². The number of allylic oxidation sites excluding steroid dienone is 26. The highest BCUT2D eigenvalue weighted by Gasteiger charge is 2.19. The van der Waals surface area contributed by atoms with Crippen LogP contribution in [0.4, 0.5) is 0 Å². The standard InChI is InChI=1S/C61H92O6/c1-4-7-10-13-16-19-22-25-28-30-31-32-34-36-39-42-45-48-51-54-60(63)66-57-58(56-65-59(62)53-50-47-44-41-38-35-27-24-21-18-15-12-9-6-3)67-61(64)55-52-49-46-43-40-37-33-29-26-23-20-17-14-11-8-5-2/h7-12,16-21,25-29,31-32,35-37,39-40,46,49,58H,4-6,13-15,22-24,30,33-34,38,41-45,47-48,50-57H2,1-3H3/b10-7-,11-8-,12-9-,19-16-,20-17-,21-18-,28-25-,29-26-,32-31-,35-27-,39-36-,40-37-,49-46-. The predicted molar refractivity (Wildman–Crippen MR) is 288 cm³/mol. The molecule has 0 saturated heterocycles. The number of hydrogen-bond donors (Lipinski definition) is 0. The molecule has 0 aliphatic heterocycles. The number of ether oxygens (including phenoxy) is 3. The average molecular weight is 921 g/mol. The van der Waals surface area contributed by atoms with E-state index >= 15 is 0 Å². The molecule has 67 heavy (non-hydrogen) atoms. The van der Waals surface area contributed by atoms with Gasteiger partial charge in [-0.05, 0) is 128 Å². The lowest BCUT2D eigenvalue weighted by Crippen LogP contribution is -2.30. The Bertz CT molecular complexity index is 1570. The molecule has 0 aromatic rings. The van der Waals surface area contributed by atoms with Crippen molar-refractivity contribution < 1.29 is 28.6 Å². The summed E-state index contributed by atoms with van der Waals surface area (Å²) in [5, 5.41) is 0. The Labute approximate surface area is 409 Å². The third-order valence-electron chi connectivity index (χ3n) is 10.0.